The predicted octanol–water partition coefficient (Wildman–Crippen LogP) is 3.93. The van der Waals surface area contributed by atoms with Gasteiger partial charge in [-0.15, -0.1) is 0 Å². The Balaban J connectivity index is 1.47. The van der Waals surface area contributed by atoms with Crippen LogP contribution < -0.4 is 27.4 Å². The first kappa shape index (κ1) is 42.6. The van der Waals surface area contributed by atoms with Crippen molar-refractivity contribution in [2.45, 2.75) is 113 Å². The Morgan fingerprint density at radius 2 is 1.93 bits per heavy atom. The number of aliphatic hydroxyl groups is 2. The van der Waals surface area contributed by atoms with Crippen molar-refractivity contribution in [1.29, 1.82) is 0 Å². The van der Waals surface area contributed by atoms with E-state index in [-0.39, 0.29) is 36.4 Å². The second-order valence-corrected chi connectivity index (χ2v) is 15.7. The molecule has 1 aliphatic carbocycles. The SMILES string of the molecule is CNC[C@H](O)[C@H]1C[C@@H](/C(=C\C(=O)O)[C@H](C[C@H]2CCc3cc4ccc(CC=O)cc4cc3[C@@H]2CCC[C@H](N)CC[C@H](C=O)CCCO)Nc2ccc[nH]2)N=C(N)N1. The van der Waals surface area contributed by atoms with Crippen LogP contribution in [-0.2, 0) is 27.2 Å². The minimum atomic E-state index is -1.08. The minimum Gasteiger partial charge on any atom is -0.478 e. The van der Waals surface area contributed by atoms with Gasteiger partial charge in [-0.1, -0.05) is 36.8 Å². The van der Waals surface area contributed by atoms with Crippen molar-refractivity contribution >= 4 is 41.1 Å². The number of aliphatic imine (C=N–C) groups is 1. The number of carbonyl (C=O) groups is 3. The normalized spacial score (nSPS) is 21.9. The molecule has 11 N–H and O–H groups in total. The number of aromatic amines is 1. The fraction of sp³-hybridized carbons (Fsp3) is 0.535. The summed E-state index contributed by atoms with van der Waals surface area (Å²) in [5.41, 5.74) is 17.1. The molecular formula is C43H61N7O6. The van der Waals surface area contributed by atoms with E-state index in [0.717, 1.165) is 73.3 Å². The summed E-state index contributed by atoms with van der Waals surface area (Å²) >= 11 is 0. The van der Waals surface area contributed by atoms with Gasteiger partial charge in [-0.25, -0.2) is 9.79 Å². The first-order valence-electron chi connectivity index (χ1n) is 20.2. The molecular weight excluding hydrogens is 711 g/mol. The third-order valence-corrected chi connectivity index (χ3v) is 11.7. The van der Waals surface area contributed by atoms with Crippen LogP contribution in [0.25, 0.3) is 10.8 Å². The number of likely N-dealkylation sites (N-methyl/N-ethyl adjacent to an activating group) is 1. The number of aromatic nitrogens is 1. The number of hydrogen-bond donors (Lipinski definition) is 9. The monoisotopic (exact) mass is 771 g/mol. The molecule has 5 rings (SSSR count). The predicted molar refractivity (Wildman–Crippen MR) is 221 cm³/mol. The molecule has 0 saturated carbocycles. The van der Waals surface area contributed by atoms with Crippen molar-refractivity contribution in [3.05, 3.63) is 77.0 Å². The summed E-state index contributed by atoms with van der Waals surface area (Å²) in [7, 11) is 1.76. The molecule has 3 aromatic rings. The largest absolute Gasteiger partial charge is 0.478 e. The summed E-state index contributed by atoms with van der Waals surface area (Å²) in [5.74, 6) is 0.0330. The van der Waals surface area contributed by atoms with Crippen LogP contribution >= 0.6 is 0 Å². The molecule has 2 heterocycles. The molecule has 0 unspecified atom stereocenters. The lowest BCUT2D eigenvalue weighted by Gasteiger charge is -2.39. The summed E-state index contributed by atoms with van der Waals surface area (Å²) in [6, 6.07) is 13.1. The van der Waals surface area contributed by atoms with Crippen molar-refractivity contribution in [3.63, 3.8) is 0 Å². The van der Waals surface area contributed by atoms with E-state index in [1.165, 1.54) is 17.2 Å². The fourth-order valence-corrected chi connectivity index (χ4v) is 8.80. The van der Waals surface area contributed by atoms with E-state index < -0.39 is 30.2 Å². The number of guanidine groups is 1. The van der Waals surface area contributed by atoms with Gasteiger partial charge in [0.15, 0.2) is 5.96 Å². The van der Waals surface area contributed by atoms with Crippen LogP contribution in [0.4, 0.5) is 5.82 Å². The van der Waals surface area contributed by atoms with Crippen molar-refractivity contribution < 1.29 is 29.7 Å². The number of carboxylic acids is 1. The second-order valence-electron chi connectivity index (χ2n) is 15.7. The lowest BCUT2D eigenvalue weighted by atomic mass is 9.69. The number of nitrogens with zero attached hydrogens (tertiary/aromatic N) is 1. The molecule has 0 radical (unpaired) electrons. The number of fused-ring (bicyclic) bond motifs is 2. The summed E-state index contributed by atoms with van der Waals surface area (Å²) < 4.78 is 0. The highest BCUT2D eigenvalue weighted by Gasteiger charge is 2.37. The van der Waals surface area contributed by atoms with E-state index in [2.05, 4.69) is 45.2 Å². The van der Waals surface area contributed by atoms with Crippen LogP contribution in [0.5, 0.6) is 0 Å². The van der Waals surface area contributed by atoms with Crippen LogP contribution in [0.2, 0.25) is 0 Å². The summed E-state index contributed by atoms with van der Waals surface area (Å²) in [6.07, 6.45) is 12.6. The molecule has 13 nitrogen and oxygen atoms in total. The van der Waals surface area contributed by atoms with Crippen LogP contribution in [-0.4, -0.2) is 95.3 Å². The van der Waals surface area contributed by atoms with Crippen molar-refractivity contribution in [2.75, 3.05) is 25.5 Å². The Hall–Kier alpha value is -4.56. The molecule has 0 amide bonds. The number of aryl methyl sites for hydroxylation is 1. The Labute approximate surface area is 329 Å². The highest BCUT2D eigenvalue weighted by Crippen LogP contribution is 2.44. The minimum absolute atomic E-state index is 0.0579. The summed E-state index contributed by atoms with van der Waals surface area (Å²) in [4.78, 5) is 43.5. The topological polar surface area (TPSA) is 228 Å². The molecule has 2 aliphatic rings. The zero-order chi connectivity index (χ0) is 40.0. The molecule has 0 saturated heterocycles. The maximum Gasteiger partial charge on any atom is 0.328 e. The lowest BCUT2D eigenvalue weighted by molar-refractivity contribution is -0.131. The Morgan fingerprint density at radius 3 is 2.64 bits per heavy atom. The number of aldehydes is 2. The molecule has 0 bridgehead atoms. The Kier molecular flexibility index (Phi) is 16.0. The van der Waals surface area contributed by atoms with E-state index in [4.69, 9.17) is 16.5 Å². The lowest BCUT2D eigenvalue weighted by Crippen LogP contribution is -2.54. The first-order valence-corrected chi connectivity index (χ1v) is 20.2. The number of nitrogens with two attached hydrogens (primary N) is 2. The maximum atomic E-state index is 12.5. The van der Waals surface area contributed by atoms with Gasteiger partial charge in [0.1, 0.15) is 18.4 Å². The number of carboxylic acid groups (broad SMARTS) is 1. The number of benzene rings is 2. The number of aliphatic carboxylic acids is 1. The molecule has 8 atom stereocenters. The number of H-pyrrole nitrogens is 1. The highest BCUT2D eigenvalue weighted by atomic mass is 16.4. The zero-order valence-corrected chi connectivity index (χ0v) is 32.5. The van der Waals surface area contributed by atoms with Crippen molar-refractivity contribution in [3.8, 4) is 0 Å². The van der Waals surface area contributed by atoms with Crippen LogP contribution in [0.15, 0.2) is 65.3 Å². The van der Waals surface area contributed by atoms with E-state index in [1.54, 1.807) is 7.05 Å². The fourth-order valence-electron chi connectivity index (χ4n) is 8.80. The molecule has 0 fully saturated rings. The van der Waals surface area contributed by atoms with Gasteiger partial charge in [0.05, 0.1) is 24.2 Å². The van der Waals surface area contributed by atoms with E-state index in [9.17, 15) is 29.7 Å². The third kappa shape index (κ3) is 11.7. The van der Waals surface area contributed by atoms with Crippen molar-refractivity contribution in [1.82, 2.24) is 15.6 Å². The number of aliphatic hydroxyl groups excluding tert-OH is 2. The first-order chi connectivity index (χ1) is 27.1. The molecule has 1 aliphatic heterocycles. The molecule has 0 spiro atoms. The van der Waals surface area contributed by atoms with Gasteiger partial charge in [-0.05, 0) is 128 Å². The zero-order valence-electron chi connectivity index (χ0n) is 32.5. The maximum absolute atomic E-state index is 12.5. The average molecular weight is 772 g/mol. The second kappa shape index (κ2) is 21.1. The van der Waals surface area contributed by atoms with E-state index >= 15 is 0 Å². The molecule has 56 heavy (non-hydrogen) atoms. The van der Waals surface area contributed by atoms with Gasteiger partial charge < -0.3 is 57.3 Å². The number of anilines is 1. The number of nitrogens with one attached hydrogen (secondary N) is 4. The van der Waals surface area contributed by atoms with Gasteiger partial charge in [0.25, 0.3) is 0 Å². The number of hydrogen-bond acceptors (Lipinski definition) is 11. The summed E-state index contributed by atoms with van der Waals surface area (Å²) in [6.45, 7) is 0.405. The van der Waals surface area contributed by atoms with Gasteiger partial charge in [0.2, 0.25) is 0 Å². The molecule has 13 heteroatoms. The average Bonchev–Trinajstić information content (AvgIpc) is 3.70. The molecule has 2 aromatic carbocycles. The number of rotatable bonds is 23. The quantitative estimate of drug-likeness (QED) is 0.0496. The van der Waals surface area contributed by atoms with Crippen LogP contribution in [0.3, 0.4) is 0 Å². The standard InChI is InChI=1S/C43H61N7O6/c1-46-25-40(54)39-24-38(49-43(45)50-39)36(23-42(55)56)37(48-41-8-3-16-47-41)22-31-13-12-30-20-29-11-9-27(15-18-52)19-32(29)21-35(30)34(31)7-2-6-33(44)14-10-28(26-53)5-4-17-51/h3,8-9,11,16,18-21,23,26,28,31,33-34,37-40,46-48,51,54H,2,4-7,10,12-15,17,22,24-25,44H2,1H3,(H,55,56)(H3,45,49,50)/b36-23-/t28-,31-,33+,34-,37+,38+,39-,40+/m1/s1. The van der Waals surface area contributed by atoms with Gasteiger partial charge >= 0.3 is 5.97 Å². The van der Waals surface area contributed by atoms with Gasteiger partial charge in [-0.2, -0.15) is 0 Å². The van der Waals surface area contributed by atoms with E-state index in [0.29, 0.717) is 50.6 Å². The van der Waals surface area contributed by atoms with Crippen LogP contribution in [0.1, 0.15) is 86.8 Å². The molecule has 1 aromatic heterocycles. The smallest absolute Gasteiger partial charge is 0.328 e. The van der Waals surface area contributed by atoms with Gasteiger partial charge in [-0.3, -0.25) is 0 Å². The molecule has 304 valence electrons. The third-order valence-electron chi connectivity index (χ3n) is 11.7. The van der Waals surface area contributed by atoms with Gasteiger partial charge in [0, 0.05) is 43.8 Å². The Bertz CT molecular complexity index is 1800. The van der Waals surface area contributed by atoms with Crippen molar-refractivity contribution in [2.24, 2.45) is 28.3 Å². The highest BCUT2D eigenvalue weighted by molar-refractivity contribution is 5.86. The number of carbonyl (C=O) groups excluding carboxylic acids is 2. The Morgan fingerprint density at radius 1 is 1.09 bits per heavy atom. The summed E-state index contributed by atoms with van der Waals surface area (Å²) in [5, 5.41) is 42.3. The van der Waals surface area contributed by atoms with Crippen LogP contribution in [0, 0.1) is 11.8 Å². The van der Waals surface area contributed by atoms with E-state index in [1.807, 2.05) is 24.4 Å².